The number of ether oxygens (including phenoxy) is 1. The molecule has 0 unspecified atom stereocenters. The molecule has 0 atom stereocenters. The van der Waals surface area contributed by atoms with Crippen LogP contribution in [0.25, 0.3) is 0 Å². The van der Waals surface area contributed by atoms with Gasteiger partial charge in [0.05, 0.1) is 9.82 Å². The summed E-state index contributed by atoms with van der Waals surface area (Å²) in [6.07, 6.45) is 0.999. The van der Waals surface area contributed by atoms with Gasteiger partial charge in [-0.2, -0.15) is 0 Å². The van der Waals surface area contributed by atoms with E-state index in [2.05, 4.69) is 5.32 Å². The summed E-state index contributed by atoms with van der Waals surface area (Å²) in [5, 5.41) is 14.1. The van der Waals surface area contributed by atoms with Crippen molar-refractivity contribution in [1.29, 1.82) is 0 Å². The topological polar surface area (TPSA) is 98.5 Å². The van der Waals surface area contributed by atoms with Crippen molar-refractivity contribution in [2.75, 3.05) is 19.4 Å². The number of nitro groups is 1. The second-order valence-corrected chi connectivity index (χ2v) is 6.63. The molecule has 0 bridgehead atoms. The summed E-state index contributed by atoms with van der Waals surface area (Å²) >= 11 is 0. The fourth-order valence-corrected chi connectivity index (χ4v) is 2.14. The van der Waals surface area contributed by atoms with Gasteiger partial charge in [0.25, 0.3) is 0 Å². The number of nitro benzene ring substituents is 1. The van der Waals surface area contributed by atoms with Crippen molar-refractivity contribution in [3.05, 3.63) is 28.3 Å². The van der Waals surface area contributed by atoms with Gasteiger partial charge in [0.15, 0.2) is 15.6 Å². The van der Waals surface area contributed by atoms with E-state index >= 15 is 0 Å². The number of nitrogens with one attached hydrogen (secondary N) is 1. The molecule has 0 aromatic heterocycles. The summed E-state index contributed by atoms with van der Waals surface area (Å²) in [4.78, 5) is 10.2. The average molecular weight is 302 g/mol. The predicted octanol–water partition coefficient (Wildman–Crippen LogP) is 1.38. The highest BCUT2D eigenvalue weighted by atomic mass is 32.2. The molecule has 0 saturated heterocycles. The normalized spacial score (nSPS) is 11.6. The number of benzene rings is 1. The Hall–Kier alpha value is -1.67. The van der Waals surface area contributed by atoms with Gasteiger partial charge in [-0.05, 0) is 12.1 Å². The van der Waals surface area contributed by atoms with Gasteiger partial charge in [-0.1, -0.05) is 13.8 Å². The zero-order valence-corrected chi connectivity index (χ0v) is 12.4. The van der Waals surface area contributed by atoms with Crippen LogP contribution in [0, 0.1) is 10.1 Å². The maximum absolute atomic E-state index is 11.4. The van der Waals surface area contributed by atoms with Gasteiger partial charge in [0.1, 0.15) is 6.61 Å². The molecule has 0 radical (unpaired) electrons. The van der Waals surface area contributed by atoms with E-state index in [1.807, 2.05) is 13.8 Å². The van der Waals surface area contributed by atoms with Crippen molar-refractivity contribution in [3.8, 4) is 5.75 Å². The van der Waals surface area contributed by atoms with Gasteiger partial charge < -0.3 is 10.1 Å². The summed E-state index contributed by atoms with van der Waals surface area (Å²) in [6.45, 7) is 4.76. The molecule has 1 aromatic rings. The van der Waals surface area contributed by atoms with Crippen molar-refractivity contribution in [1.82, 2.24) is 5.32 Å². The van der Waals surface area contributed by atoms with Crippen molar-refractivity contribution >= 4 is 15.5 Å². The highest BCUT2D eigenvalue weighted by molar-refractivity contribution is 7.90. The van der Waals surface area contributed by atoms with Crippen LogP contribution in [0.15, 0.2) is 23.1 Å². The maximum Gasteiger partial charge on any atom is 0.312 e. The zero-order valence-electron chi connectivity index (χ0n) is 11.6. The van der Waals surface area contributed by atoms with Gasteiger partial charge in [-0.15, -0.1) is 0 Å². The maximum atomic E-state index is 11.4. The van der Waals surface area contributed by atoms with Gasteiger partial charge >= 0.3 is 5.69 Å². The predicted molar refractivity (Wildman–Crippen MR) is 74.8 cm³/mol. The Balaban J connectivity index is 2.89. The molecular weight excluding hydrogens is 284 g/mol. The van der Waals surface area contributed by atoms with Crippen LogP contribution in [0.3, 0.4) is 0 Å². The lowest BCUT2D eigenvalue weighted by molar-refractivity contribution is -0.386. The minimum absolute atomic E-state index is 0.0629. The second kappa shape index (κ2) is 6.67. The van der Waals surface area contributed by atoms with Gasteiger partial charge in [0.2, 0.25) is 0 Å². The van der Waals surface area contributed by atoms with E-state index in [1.165, 1.54) is 12.1 Å². The standard InChI is InChI=1S/C12H18N2O5S/c1-9(2)13-6-7-19-12-5-4-10(20(3,17)18)8-11(12)14(15)16/h4-5,8-9,13H,6-7H2,1-3H3. The molecule has 20 heavy (non-hydrogen) atoms. The van der Waals surface area contributed by atoms with Crippen LogP contribution < -0.4 is 10.1 Å². The molecule has 0 aliphatic rings. The van der Waals surface area contributed by atoms with Crippen molar-refractivity contribution in [3.63, 3.8) is 0 Å². The summed E-state index contributed by atoms with van der Waals surface area (Å²) in [7, 11) is -3.48. The number of hydrogen-bond donors (Lipinski definition) is 1. The molecule has 0 spiro atoms. The Bertz CT molecular complexity index is 584. The van der Waals surface area contributed by atoms with E-state index in [4.69, 9.17) is 4.74 Å². The van der Waals surface area contributed by atoms with Gasteiger partial charge in [0, 0.05) is 24.9 Å². The third kappa shape index (κ3) is 4.78. The first-order chi connectivity index (χ1) is 9.21. The Morgan fingerprint density at radius 1 is 1.40 bits per heavy atom. The monoisotopic (exact) mass is 302 g/mol. The SMILES string of the molecule is CC(C)NCCOc1ccc(S(C)(=O)=O)cc1[N+](=O)[O-]. The summed E-state index contributed by atoms with van der Waals surface area (Å²) in [5.74, 6) is 0.0629. The molecule has 0 heterocycles. The van der Waals surface area contributed by atoms with Crippen LogP contribution in [-0.4, -0.2) is 38.8 Å². The summed E-state index contributed by atoms with van der Waals surface area (Å²) in [5.41, 5.74) is -0.350. The van der Waals surface area contributed by atoms with Crippen LogP contribution in [0.4, 0.5) is 5.69 Å². The van der Waals surface area contributed by atoms with E-state index in [1.54, 1.807) is 0 Å². The molecule has 0 aliphatic heterocycles. The third-order valence-corrected chi connectivity index (χ3v) is 3.58. The molecule has 0 saturated carbocycles. The van der Waals surface area contributed by atoms with Crippen molar-refractivity contribution in [2.45, 2.75) is 24.8 Å². The van der Waals surface area contributed by atoms with Crippen molar-refractivity contribution in [2.24, 2.45) is 0 Å². The Morgan fingerprint density at radius 3 is 2.55 bits per heavy atom. The number of hydrogen-bond acceptors (Lipinski definition) is 6. The van der Waals surface area contributed by atoms with E-state index in [-0.39, 0.29) is 22.9 Å². The van der Waals surface area contributed by atoms with Crippen molar-refractivity contribution < 1.29 is 18.1 Å². The zero-order chi connectivity index (χ0) is 15.3. The van der Waals surface area contributed by atoms with E-state index in [0.29, 0.717) is 12.6 Å². The van der Waals surface area contributed by atoms with Crippen LogP contribution in [0.1, 0.15) is 13.8 Å². The molecule has 0 aliphatic carbocycles. The smallest absolute Gasteiger partial charge is 0.312 e. The Kier molecular flexibility index (Phi) is 5.46. The molecular formula is C12H18N2O5S. The van der Waals surface area contributed by atoms with E-state index in [0.717, 1.165) is 12.3 Å². The molecule has 0 fully saturated rings. The molecule has 1 aromatic carbocycles. The average Bonchev–Trinajstić information content (AvgIpc) is 2.33. The summed E-state index contributed by atoms with van der Waals surface area (Å²) in [6, 6.07) is 3.92. The molecule has 8 heteroatoms. The van der Waals surface area contributed by atoms with E-state index < -0.39 is 14.8 Å². The van der Waals surface area contributed by atoms with Crippen LogP contribution in [-0.2, 0) is 9.84 Å². The van der Waals surface area contributed by atoms with Crippen LogP contribution in [0.2, 0.25) is 0 Å². The molecule has 7 nitrogen and oxygen atoms in total. The lowest BCUT2D eigenvalue weighted by Crippen LogP contribution is -2.27. The fraction of sp³-hybridized carbons (Fsp3) is 0.500. The van der Waals surface area contributed by atoms with Gasteiger partial charge in [-0.25, -0.2) is 8.42 Å². The number of rotatable bonds is 7. The highest BCUT2D eigenvalue weighted by Crippen LogP contribution is 2.29. The largest absolute Gasteiger partial charge is 0.485 e. The number of nitrogens with zero attached hydrogens (tertiary/aromatic N) is 1. The molecule has 112 valence electrons. The molecule has 0 amide bonds. The second-order valence-electron chi connectivity index (χ2n) is 4.62. The highest BCUT2D eigenvalue weighted by Gasteiger charge is 2.19. The Morgan fingerprint density at radius 2 is 2.05 bits per heavy atom. The molecule has 1 rings (SSSR count). The lowest BCUT2D eigenvalue weighted by Gasteiger charge is -2.10. The summed E-state index contributed by atoms with van der Waals surface area (Å²) < 4.78 is 28.1. The number of sulfone groups is 1. The van der Waals surface area contributed by atoms with E-state index in [9.17, 15) is 18.5 Å². The third-order valence-electron chi connectivity index (χ3n) is 2.47. The Labute approximate surface area is 118 Å². The van der Waals surface area contributed by atoms with Crippen LogP contribution in [0.5, 0.6) is 5.75 Å². The first-order valence-corrected chi connectivity index (χ1v) is 7.95. The van der Waals surface area contributed by atoms with Crippen LogP contribution >= 0.6 is 0 Å². The minimum Gasteiger partial charge on any atom is -0.485 e. The first kappa shape index (κ1) is 16.4. The molecule has 1 N–H and O–H groups in total. The fourth-order valence-electron chi connectivity index (χ4n) is 1.50. The quantitative estimate of drug-likeness (QED) is 0.464. The first-order valence-electron chi connectivity index (χ1n) is 6.06. The minimum atomic E-state index is -3.48. The van der Waals surface area contributed by atoms with Gasteiger partial charge in [-0.3, -0.25) is 10.1 Å². The lowest BCUT2D eigenvalue weighted by atomic mass is 10.3.